The second-order valence-corrected chi connectivity index (χ2v) is 34.7. The predicted molar refractivity (Wildman–Crippen MR) is 411 cm³/mol. The standard InChI is InChI=1S/C80H110N14O8S2/c1-52-40-65(88-89-71(52)87-75-84-61-26-22-23-27-63(61)104-75)92(64-35-34-59(68(85-64)74(100)101)60-42-82-94(55(60)4)50-79-45-77(8)44-78(9,46-79)48-80(47-77,49-79)102-39-38-90(10)11)37-25-24-36-91(12)67(97)29-21-19-17-15-13-14-16-18-20-28-66(96)86-70(76(5,6)7)73(99)93-43-58(95)41-62(93)72(98)83-53(2)56-30-32-57(33-31-56)69-54(3)81-51-103-69/h22-23,26-27,30-35,40,42,51,53,58,62,70,95H,13-21,24-25,28-29,36-39,41,43-50H2,1-12H3,(H,83,98)(H,86,96)(H,100,101)(H,84,87,89)/t53-,58+,62-,70+,77?,78?,79?,80?/m0/s1. The Morgan fingerprint density at radius 3 is 2.10 bits per heavy atom. The van der Waals surface area contributed by atoms with E-state index in [1.165, 1.54) is 22.7 Å². The molecule has 12 rings (SSSR count). The molecular weight excluding hydrogens is 1350 g/mol. The van der Waals surface area contributed by atoms with Crippen molar-refractivity contribution in [2.45, 2.75) is 227 Å². The predicted octanol–water partition coefficient (Wildman–Crippen LogP) is 14.6. The second-order valence-electron chi connectivity index (χ2n) is 32.8. The first-order chi connectivity index (χ1) is 49.5. The number of β-amino-alcohol motifs (C(OH)–C–C–N with tert-alkyl or cyclic N) is 1. The number of nitrogens with one attached hydrogen (secondary N) is 3. The van der Waals surface area contributed by atoms with Crippen LogP contribution in [0.25, 0.3) is 31.8 Å². The van der Waals surface area contributed by atoms with Crippen LogP contribution in [0.1, 0.15) is 209 Å². The summed E-state index contributed by atoms with van der Waals surface area (Å²) in [6.07, 6.45) is 18.3. The zero-order valence-electron chi connectivity index (χ0n) is 63.3. The number of amides is 4. The molecule has 6 heterocycles. The Morgan fingerprint density at radius 1 is 0.760 bits per heavy atom. The van der Waals surface area contributed by atoms with Gasteiger partial charge in [0.25, 0.3) is 0 Å². The summed E-state index contributed by atoms with van der Waals surface area (Å²) >= 11 is 3.11. The van der Waals surface area contributed by atoms with Gasteiger partial charge in [0.1, 0.15) is 17.9 Å². The number of hydrogen-bond donors (Lipinski definition) is 5. The second kappa shape index (κ2) is 32.9. The summed E-state index contributed by atoms with van der Waals surface area (Å²) in [5.74, 6) is -0.476. The van der Waals surface area contributed by atoms with Crippen LogP contribution in [0.2, 0.25) is 0 Å². The van der Waals surface area contributed by atoms with Gasteiger partial charge in [-0.15, -0.1) is 21.5 Å². The van der Waals surface area contributed by atoms with E-state index < -0.39 is 29.6 Å². The highest BCUT2D eigenvalue weighted by atomic mass is 32.1. The highest BCUT2D eigenvalue weighted by Gasteiger charge is 2.66. The number of carbonyl (C=O) groups is 5. The smallest absolute Gasteiger partial charge is 0.355 e. The van der Waals surface area contributed by atoms with Gasteiger partial charge in [0.15, 0.2) is 22.5 Å². The number of pyridine rings is 1. The number of para-hydroxylation sites is 1. The largest absolute Gasteiger partial charge is 0.476 e. The first kappa shape index (κ1) is 77.3. The molecule has 6 atom stereocenters. The Kier molecular flexibility index (Phi) is 24.5. The number of aromatic carboxylic acids is 1. The highest BCUT2D eigenvalue weighted by Crippen LogP contribution is 2.72. The third-order valence-corrected chi connectivity index (χ3v) is 23.9. The maximum Gasteiger partial charge on any atom is 0.355 e. The lowest BCUT2D eigenvalue weighted by Crippen LogP contribution is -2.64. The topological polar surface area (TPSA) is 266 Å². The summed E-state index contributed by atoms with van der Waals surface area (Å²) in [6.45, 7) is 21.8. The number of anilines is 4. The Morgan fingerprint density at radius 2 is 1.44 bits per heavy atom. The number of aryl methyl sites for hydroxylation is 2. The fourth-order valence-electron chi connectivity index (χ4n) is 17.8. The number of benzene rings is 2. The number of carboxylic acids is 1. The molecule has 1 aliphatic heterocycles. The molecule has 4 saturated carbocycles. The number of hydrogen-bond acceptors (Lipinski definition) is 18. The average Bonchev–Trinajstić information content (AvgIpc) is 0.748. The summed E-state index contributed by atoms with van der Waals surface area (Å²) in [5, 5.41) is 46.2. The average molecular weight is 1460 g/mol. The molecule has 4 bridgehead atoms. The number of thiazole rings is 2. The summed E-state index contributed by atoms with van der Waals surface area (Å²) in [7, 11) is 6.04. The van der Waals surface area contributed by atoms with Crippen LogP contribution in [0, 0.1) is 42.4 Å². The van der Waals surface area contributed by atoms with Crippen molar-refractivity contribution in [1.82, 2.24) is 60.3 Å². The van der Waals surface area contributed by atoms with E-state index in [4.69, 9.17) is 24.9 Å². The minimum atomic E-state index is -1.14. The van der Waals surface area contributed by atoms with E-state index in [9.17, 15) is 34.2 Å². The quantitative estimate of drug-likeness (QED) is 0.0231. The SMILES string of the molecule is Cc1cc(N(CCCCN(C)C(=O)CCCCCCCCCCCC(=O)N[C@H](C(=O)N2C[C@H](O)C[C@H]2C(=O)N[C@@H](C)c2ccc(-c3scnc3C)cc2)C(C)(C)C)c2ccc(-c3cnn(CC45CC6(C)CC(C)(C4)CC(OCCN(C)C)(C6)C5)c3C)c(C(=O)O)n2)nnc1Nc1nc2ccccc2s1. The number of unbranched alkanes of at least 4 members (excludes halogenated alkanes) is 9. The minimum Gasteiger partial charge on any atom is -0.476 e. The summed E-state index contributed by atoms with van der Waals surface area (Å²) < 4.78 is 10.1. The van der Waals surface area contributed by atoms with Crippen LogP contribution >= 0.6 is 22.7 Å². The summed E-state index contributed by atoms with van der Waals surface area (Å²) in [4.78, 5) is 90.8. The fourth-order valence-corrected chi connectivity index (χ4v) is 19.5. The molecule has 104 heavy (non-hydrogen) atoms. The van der Waals surface area contributed by atoms with Gasteiger partial charge in [-0.25, -0.2) is 19.7 Å². The first-order valence-electron chi connectivity index (χ1n) is 37.6. The van der Waals surface area contributed by atoms with Crippen LogP contribution < -0.4 is 20.9 Å². The number of ether oxygens (including phenoxy) is 1. The van der Waals surface area contributed by atoms with Gasteiger partial charge in [-0.1, -0.05) is 127 Å². The molecule has 22 nitrogen and oxygen atoms in total. The maximum atomic E-state index is 14.3. The molecule has 5 fully saturated rings. The van der Waals surface area contributed by atoms with Crippen molar-refractivity contribution >= 4 is 85.1 Å². The van der Waals surface area contributed by atoms with Gasteiger partial charge in [0.05, 0.1) is 56.8 Å². The highest BCUT2D eigenvalue weighted by molar-refractivity contribution is 7.22. The third-order valence-electron chi connectivity index (χ3n) is 22.0. The Hall–Kier alpha value is -7.77. The van der Waals surface area contributed by atoms with E-state index in [1.54, 1.807) is 17.5 Å². The molecule has 2 aromatic carbocycles. The van der Waals surface area contributed by atoms with Crippen LogP contribution in [0.15, 0.2) is 78.4 Å². The lowest BCUT2D eigenvalue weighted by atomic mass is 9.39. The number of rotatable bonds is 35. The van der Waals surface area contributed by atoms with Gasteiger partial charge in [-0.2, -0.15) is 5.10 Å². The van der Waals surface area contributed by atoms with Crippen LogP contribution in [-0.4, -0.2) is 167 Å². The molecule has 5 aromatic heterocycles. The third kappa shape index (κ3) is 18.7. The van der Waals surface area contributed by atoms with Crippen molar-refractivity contribution in [2.24, 2.45) is 21.7 Å². The Bertz CT molecular complexity index is 4110. The molecule has 24 heteroatoms. The summed E-state index contributed by atoms with van der Waals surface area (Å²) in [6, 6.07) is 19.5. The van der Waals surface area contributed by atoms with E-state index in [0.717, 1.165) is 145 Å². The number of likely N-dealkylation sites (tertiary alicyclic amines) is 1. The zero-order valence-corrected chi connectivity index (χ0v) is 64.9. The first-order valence-corrected chi connectivity index (χ1v) is 39.3. The molecule has 1 saturated heterocycles. The van der Waals surface area contributed by atoms with Gasteiger partial charge in [0.2, 0.25) is 23.6 Å². The Balaban J connectivity index is 0.628. The number of carbonyl (C=O) groups excluding carboxylic acids is 4. The molecule has 0 radical (unpaired) electrons. The molecule has 5 N–H and O–H groups in total. The van der Waals surface area contributed by atoms with Crippen molar-refractivity contribution in [3.8, 4) is 21.6 Å². The molecular formula is C80H110N14O8S2. The van der Waals surface area contributed by atoms with Crippen LogP contribution in [0.3, 0.4) is 0 Å². The van der Waals surface area contributed by atoms with Crippen molar-refractivity contribution in [3.63, 3.8) is 0 Å². The van der Waals surface area contributed by atoms with Crippen LogP contribution in [0.5, 0.6) is 0 Å². The summed E-state index contributed by atoms with van der Waals surface area (Å²) in [5.41, 5.74) is 8.10. The molecule has 4 amide bonds. The normalized spacial score (nSPS) is 21.9. The van der Waals surface area contributed by atoms with E-state index in [1.807, 2.05) is 138 Å². The van der Waals surface area contributed by atoms with Gasteiger partial charge in [-0.3, -0.25) is 23.9 Å². The van der Waals surface area contributed by atoms with E-state index in [-0.39, 0.29) is 76.6 Å². The van der Waals surface area contributed by atoms with Gasteiger partial charge >= 0.3 is 5.97 Å². The minimum absolute atomic E-state index is 0.00446. The van der Waals surface area contributed by atoms with Crippen LogP contribution in [-0.2, 0) is 30.5 Å². The van der Waals surface area contributed by atoms with E-state index >= 15 is 0 Å². The zero-order chi connectivity index (χ0) is 74.3. The van der Waals surface area contributed by atoms with Gasteiger partial charge in [-0.05, 0) is 175 Å². The maximum absolute atomic E-state index is 14.3. The van der Waals surface area contributed by atoms with Crippen molar-refractivity contribution in [3.05, 3.63) is 107 Å². The van der Waals surface area contributed by atoms with Gasteiger partial charge in [0, 0.05) is 75.9 Å². The van der Waals surface area contributed by atoms with Crippen LogP contribution in [0.4, 0.5) is 22.6 Å². The van der Waals surface area contributed by atoms with Crippen molar-refractivity contribution in [2.75, 3.05) is 64.1 Å². The Labute approximate surface area is 622 Å². The number of fused-ring (bicyclic) bond motifs is 1. The fraction of sp³-hybridized carbons (Fsp3) is 0.588. The number of aliphatic hydroxyl groups excluding tert-OH is 1. The molecule has 0 spiro atoms. The van der Waals surface area contributed by atoms with Crippen molar-refractivity contribution < 1.29 is 38.9 Å². The molecule has 560 valence electrons. The number of aromatic nitrogens is 7. The molecule has 4 aliphatic carbocycles. The number of carboxylic acid groups (broad SMARTS) is 1. The lowest BCUT2D eigenvalue weighted by molar-refractivity contribution is -0.248. The van der Waals surface area contributed by atoms with Gasteiger partial charge < -0.3 is 50.5 Å². The molecule has 7 aromatic rings. The van der Waals surface area contributed by atoms with Crippen molar-refractivity contribution in [1.29, 1.82) is 0 Å². The number of likely N-dealkylation sites (N-methyl/N-ethyl adjacent to an activating group) is 1. The molecule has 2 unspecified atom stereocenters. The van der Waals surface area contributed by atoms with E-state index in [0.29, 0.717) is 73.5 Å². The lowest BCUT2D eigenvalue weighted by Gasteiger charge is -2.69. The monoisotopic (exact) mass is 1460 g/mol. The number of aliphatic hydroxyl groups is 1. The molecule has 5 aliphatic rings. The number of nitrogens with zero attached hydrogens (tertiary/aromatic N) is 11. The van der Waals surface area contributed by atoms with E-state index in [2.05, 4.69) is 63.6 Å².